The van der Waals surface area contributed by atoms with Crippen LogP contribution in [0.15, 0.2) is 48.5 Å². The van der Waals surface area contributed by atoms with Gasteiger partial charge in [-0.05, 0) is 30.0 Å². The van der Waals surface area contributed by atoms with E-state index in [9.17, 15) is 9.59 Å². The molecule has 3 heterocycles. The van der Waals surface area contributed by atoms with Gasteiger partial charge in [0.25, 0.3) is 5.91 Å². The Labute approximate surface area is 170 Å². The van der Waals surface area contributed by atoms with Gasteiger partial charge in [-0.15, -0.1) is 0 Å². The van der Waals surface area contributed by atoms with Crippen LogP contribution < -0.4 is 4.90 Å². The molecule has 2 amide bonds. The van der Waals surface area contributed by atoms with Crippen molar-refractivity contribution >= 4 is 28.4 Å². The van der Waals surface area contributed by atoms with Crippen LogP contribution in [0.2, 0.25) is 0 Å². The number of anilines is 1. The van der Waals surface area contributed by atoms with Crippen LogP contribution in [0.25, 0.3) is 10.9 Å². The lowest BCUT2D eigenvalue weighted by Gasteiger charge is -2.43. The van der Waals surface area contributed by atoms with Crippen LogP contribution in [0.1, 0.15) is 37.6 Å². The van der Waals surface area contributed by atoms with Gasteiger partial charge in [0.1, 0.15) is 0 Å². The number of para-hydroxylation sites is 2. The van der Waals surface area contributed by atoms with E-state index in [1.54, 1.807) is 11.8 Å². The van der Waals surface area contributed by atoms with Crippen molar-refractivity contribution in [1.29, 1.82) is 0 Å². The third kappa shape index (κ3) is 2.27. The average Bonchev–Trinajstić information content (AvgIpc) is 3.19. The van der Waals surface area contributed by atoms with Gasteiger partial charge in [0, 0.05) is 36.5 Å². The molecule has 1 atom stereocenters. The molecule has 2 aromatic carbocycles. The summed E-state index contributed by atoms with van der Waals surface area (Å²) in [7, 11) is 0. The molecular weight excluding hydrogens is 362 g/mol. The Hall–Kier alpha value is -3.08. The van der Waals surface area contributed by atoms with Gasteiger partial charge in [-0.1, -0.05) is 50.2 Å². The number of aromatic nitrogens is 1. The maximum absolute atomic E-state index is 14.1. The number of rotatable bonds is 2. The summed E-state index contributed by atoms with van der Waals surface area (Å²) in [6.07, 6.45) is 0.736. The van der Waals surface area contributed by atoms with E-state index in [1.165, 1.54) is 0 Å². The summed E-state index contributed by atoms with van der Waals surface area (Å²) >= 11 is 0. The topological polar surface area (TPSA) is 56.4 Å². The molecule has 0 aliphatic carbocycles. The molecular formula is C24H25N3O2. The zero-order valence-corrected chi connectivity index (χ0v) is 17.0. The highest BCUT2D eigenvalue weighted by molar-refractivity contribution is 6.12. The van der Waals surface area contributed by atoms with E-state index in [2.05, 4.69) is 24.9 Å². The summed E-state index contributed by atoms with van der Waals surface area (Å²) in [5, 5.41) is 1.14. The van der Waals surface area contributed by atoms with Crippen molar-refractivity contribution in [2.24, 2.45) is 5.92 Å². The molecule has 2 aliphatic rings. The molecule has 148 valence electrons. The predicted octanol–water partition coefficient (Wildman–Crippen LogP) is 3.82. The SMILES string of the molecule is CC(=O)N1CCc2c([nH]c3ccccc23)[C@]12C(=O)N(CC(C)C)c1ccccc12. The zero-order valence-electron chi connectivity index (χ0n) is 17.0. The molecule has 5 nitrogen and oxygen atoms in total. The maximum atomic E-state index is 14.1. The smallest absolute Gasteiger partial charge is 0.264 e. The van der Waals surface area contributed by atoms with Crippen LogP contribution in [-0.4, -0.2) is 34.8 Å². The number of hydrogen-bond acceptors (Lipinski definition) is 2. The number of carbonyl (C=O) groups excluding carboxylic acids is 2. The number of hydrogen-bond donors (Lipinski definition) is 1. The van der Waals surface area contributed by atoms with Crippen LogP contribution >= 0.6 is 0 Å². The first-order valence-electron chi connectivity index (χ1n) is 10.3. The zero-order chi connectivity index (χ0) is 20.3. The fraction of sp³-hybridized carbons (Fsp3) is 0.333. The van der Waals surface area contributed by atoms with Gasteiger partial charge in [0.15, 0.2) is 5.54 Å². The van der Waals surface area contributed by atoms with Crippen LogP contribution in [0.5, 0.6) is 0 Å². The van der Waals surface area contributed by atoms with E-state index in [-0.39, 0.29) is 11.8 Å². The van der Waals surface area contributed by atoms with Crippen molar-refractivity contribution in [3.05, 3.63) is 65.4 Å². The Morgan fingerprint density at radius 3 is 2.62 bits per heavy atom. The van der Waals surface area contributed by atoms with Crippen molar-refractivity contribution in [1.82, 2.24) is 9.88 Å². The van der Waals surface area contributed by atoms with Crippen LogP contribution in [-0.2, 0) is 21.5 Å². The molecule has 29 heavy (non-hydrogen) atoms. The fourth-order valence-electron chi connectivity index (χ4n) is 5.17. The molecule has 5 heteroatoms. The average molecular weight is 387 g/mol. The lowest BCUT2D eigenvalue weighted by molar-refractivity contribution is -0.143. The highest BCUT2D eigenvalue weighted by Crippen LogP contribution is 2.52. The van der Waals surface area contributed by atoms with E-state index in [0.29, 0.717) is 19.0 Å². The Balaban J connectivity index is 1.86. The van der Waals surface area contributed by atoms with Crippen LogP contribution in [0, 0.1) is 5.92 Å². The Morgan fingerprint density at radius 1 is 1.14 bits per heavy atom. The van der Waals surface area contributed by atoms with E-state index >= 15 is 0 Å². The summed E-state index contributed by atoms with van der Waals surface area (Å²) in [5.74, 6) is 0.206. The number of fused-ring (bicyclic) bond motifs is 6. The highest BCUT2D eigenvalue weighted by Gasteiger charge is 2.60. The van der Waals surface area contributed by atoms with E-state index in [1.807, 2.05) is 47.4 Å². The highest BCUT2D eigenvalue weighted by atomic mass is 16.2. The lowest BCUT2D eigenvalue weighted by Crippen LogP contribution is -2.59. The molecule has 0 bridgehead atoms. The molecule has 0 radical (unpaired) electrons. The van der Waals surface area contributed by atoms with Crippen molar-refractivity contribution < 1.29 is 9.59 Å². The van der Waals surface area contributed by atoms with Gasteiger partial charge in [-0.25, -0.2) is 0 Å². The lowest BCUT2D eigenvalue weighted by atomic mass is 9.80. The van der Waals surface area contributed by atoms with Gasteiger partial charge >= 0.3 is 0 Å². The summed E-state index contributed by atoms with van der Waals surface area (Å²) < 4.78 is 0. The normalized spacial score (nSPS) is 20.6. The molecule has 1 spiro atoms. The number of carbonyl (C=O) groups is 2. The minimum Gasteiger partial charge on any atom is -0.355 e. The van der Waals surface area contributed by atoms with E-state index < -0.39 is 5.54 Å². The van der Waals surface area contributed by atoms with Crippen molar-refractivity contribution in [2.45, 2.75) is 32.7 Å². The molecule has 0 saturated heterocycles. The second kappa shape index (κ2) is 6.21. The summed E-state index contributed by atoms with van der Waals surface area (Å²) in [5.41, 5.74) is 3.69. The minimum absolute atomic E-state index is 0.0323. The number of aromatic amines is 1. The first kappa shape index (κ1) is 18.0. The quantitative estimate of drug-likeness (QED) is 0.727. The second-order valence-corrected chi connectivity index (χ2v) is 8.48. The molecule has 0 fully saturated rings. The first-order valence-corrected chi connectivity index (χ1v) is 10.3. The van der Waals surface area contributed by atoms with Gasteiger partial charge in [0.2, 0.25) is 5.91 Å². The van der Waals surface area contributed by atoms with Gasteiger partial charge < -0.3 is 14.8 Å². The number of nitrogens with one attached hydrogen (secondary N) is 1. The summed E-state index contributed by atoms with van der Waals surface area (Å²) in [6.45, 7) is 6.94. The van der Waals surface area contributed by atoms with Crippen LogP contribution in [0.3, 0.4) is 0 Å². The largest absolute Gasteiger partial charge is 0.355 e. The van der Waals surface area contributed by atoms with Gasteiger partial charge in [-0.3, -0.25) is 9.59 Å². The standard InChI is InChI=1S/C24H25N3O2/c1-15(2)14-26-21-11-7-5-9-19(21)24(23(26)29)22-18(12-13-27(24)16(3)28)17-8-4-6-10-20(17)25-22/h4-11,15,25H,12-14H2,1-3H3/t24-/m1/s1. The number of nitrogens with zero attached hydrogens (tertiary/aromatic N) is 2. The summed E-state index contributed by atoms with van der Waals surface area (Å²) in [4.78, 5) is 34.1. The monoisotopic (exact) mass is 387 g/mol. The Bertz CT molecular complexity index is 1150. The van der Waals surface area contributed by atoms with Crippen LogP contribution in [0.4, 0.5) is 5.69 Å². The fourth-order valence-corrected chi connectivity index (χ4v) is 5.17. The molecule has 2 aliphatic heterocycles. The summed E-state index contributed by atoms with van der Waals surface area (Å²) in [6, 6.07) is 16.1. The second-order valence-electron chi connectivity index (χ2n) is 8.48. The van der Waals surface area contributed by atoms with E-state index in [0.717, 1.165) is 39.8 Å². The molecule has 1 aromatic heterocycles. The maximum Gasteiger partial charge on any atom is 0.264 e. The van der Waals surface area contributed by atoms with Gasteiger partial charge in [0.05, 0.1) is 11.4 Å². The molecule has 0 saturated carbocycles. The molecule has 5 rings (SSSR count). The Morgan fingerprint density at radius 2 is 1.86 bits per heavy atom. The molecule has 0 unspecified atom stereocenters. The number of H-pyrrole nitrogens is 1. The van der Waals surface area contributed by atoms with Crippen molar-refractivity contribution in [3.8, 4) is 0 Å². The van der Waals surface area contributed by atoms with E-state index in [4.69, 9.17) is 0 Å². The third-order valence-electron chi connectivity index (χ3n) is 6.23. The first-order chi connectivity index (χ1) is 14.0. The Kier molecular flexibility index (Phi) is 3.85. The van der Waals surface area contributed by atoms with Crippen molar-refractivity contribution in [2.75, 3.05) is 18.0 Å². The van der Waals surface area contributed by atoms with Crippen molar-refractivity contribution in [3.63, 3.8) is 0 Å². The molecule has 3 aromatic rings. The third-order valence-corrected chi connectivity index (χ3v) is 6.23. The predicted molar refractivity (Wildman–Crippen MR) is 114 cm³/mol. The van der Waals surface area contributed by atoms with Gasteiger partial charge in [-0.2, -0.15) is 0 Å². The molecule has 1 N–H and O–H groups in total. The number of benzene rings is 2. The number of amides is 2. The minimum atomic E-state index is -1.12.